The summed E-state index contributed by atoms with van der Waals surface area (Å²) in [6.07, 6.45) is 13.4. The smallest absolute Gasteiger partial charge is 0.0357 e. The van der Waals surface area contributed by atoms with E-state index in [1.165, 1.54) is 16.7 Å². The number of hydrogen-bond donors (Lipinski definition) is 1. The highest BCUT2D eigenvalue weighted by Crippen LogP contribution is 2.18. The predicted molar refractivity (Wildman–Crippen MR) is 125 cm³/mol. The van der Waals surface area contributed by atoms with Gasteiger partial charge in [0.05, 0.1) is 0 Å². The fourth-order valence-electron chi connectivity index (χ4n) is 3.35. The molecule has 1 heteroatoms. The lowest BCUT2D eigenvalue weighted by Gasteiger charge is -2.18. The molecule has 148 valence electrons. The van der Waals surface area contributed by atoms with Crippen LogP contribution in [0.2, 0.25) is 0 Å². The summed E-state index contributed by atoms with van der Waals surface area (Å²) in [6, 6.07) is 32.3. The summed E-state index contributed by atoms with van der Waals surface area (Å²) in [6.45, 7) is 0.885. The molecule has 0 spiro atoms. The number of allylic oxidation sites excluding steroid dienone is 3. The molecule has 0 fully saturated rings. The third kappa shape index (κ3) is 7.93. The highest BCUT2D eigenvalue weighted by Gasteiger charge is 2.08. The third-order valence-corrected chi connectivity index (χ3v) is 5.00. The van der Waals surface area contributed by atoms with Crippen molar-refractivity contribution in [3.63, 3.8) is 0 Å². The Hall–Kier alpha value is -2.90. The maximum absolute atomic E-state index is 3.72. The lowest BCUT2D eigenvalue weighted by atomic mass is 10.0. The van der Waals surface area contributed by atoms with E-state index in [4.69, 9.17) is 0 Å². The van der Waals surface area contributed by atoms with Gasteiger partial charge in [0, 0.05) is 12.6 Å². The molecule has 0 bridgehead atoms. The van der Waals surface area contributed by atoms with Gasteiger partial charge in [-0.2, -0.15) is 0 Å². The average molecular weight is 382 g/mol. The van der Waals surface area contributed by atoms with Crippen LogP contribution in [0.25, 0.3) is 0 Å². The molecule has 1 N–H and O–H groups in total. The van der Waals surface area contributed by atoms with Gasteiger partial charge in [-0.3, -0.25) is 0 Å². The molecule has 1 atom stereocenters. The van der Waals surface area contributed by atoms with Gasteiger partial charge in [0.2, 0.25) is 0 Å². The van der Waals surface area contributed by atoms with Gasteiger partial charge in [-0.15, -0.1) is 0 Å². The number of benzene rings is 3. The number of unbranched alkanes of at least 4 members (excludes halogenated alkanes) is 1. The third-order valence-electron chi connectivity index (χ3n) is 5.00. The zero-order chi connectivity index (χ0) is 20.0. The van der Waals surface area contributed by atoms with Gasteiger partial charge in [0.1, 0.15) is 0 Å². The van der Waals surface area contributed by atoms with Gasteiger partial charge >= 0.3 is 0 Å². The Bertz CT molecular complexity index is 851. The summed E-state index contributed by atoms with van der Waals surface area (Å²) in [5.74, 6) is 0. The van der Waals surface area contributed by atoms with E-state index in [-0.39, 0.29) is 0 Å². The first-order chi connectivity index (χ1) is 14.4. The maximum atomic E-state index is 3.72. The molecule has 0 saturated carbocycles. The van der Waals surface area contributed by atoms with E-state index >= 15 is 0 Å². The Kier molecular flexibility index (Phi) is 9.00. The molecule has 0 radical (unpaired) electrons. The molecule has 0 aliphatic carbocycles. The Labute approximate surface area is 175 Å². The first-order valence-corrected chi connectivity index (χ1v) is 10.6. The van der Waals surface area contributed by atoms with Crippen LogP contribution >= 0.6 is 0 Å². The minimum atomic E-state index is 0.335. The van der Waals surface area contributed by atoms with E-state index < -0.39 is 0 Å². The second kappa shape index (κ2) is 12.5. The fourth-order valence-corrected chi connectivity index (χ4v) is 3.35. The van der Waals surface area contributed by atoms with Crippen LogP contribution in [-0.4, -0.2) is 0 Å². The Morgan fingerprint density at radius 1 is 0.586 bits per heavy atom. The van der Waals surface area contributed by atoms with Crippen molar-refractivity contribution < 1.29 is 0 Å². The van der Waals surface area contributed by atoms with Crippen molar-refractivity contribution in [3.05, 3.63) is 132 Å². The van der Waals surface area contributed by atoms with Crippen molar-refractivity contribution in [2.75, 3.05) is 0 Å². The number of rotatable bonds is 11. The minimum Gasteiger partial charge on any atom is -0.306 e. The van der Waals surface area contributed by atoms with Crippen LogP contribution < -0.4 is 5.32 Å². The topological polar surface area (TPSA) is 12.0 Å². The average Bonchev–Trinajstić information content (AvgIpc) is 2.79. The van der Waals surface area contributed by atoms with Crippen LogP contribution in [0, 0.1) is 0 Å². The second-order valence-corrected chi connectivity index (χ2v) is 7.28. The van der Waals surface area contributed by atoms with Crippen molar-refractivity contribution in [3.8, 4) is 0 Å². The van der Waals surface area contributed by atoms with E-state index in [1.54, 1.807) is 0 Å². The predicted octanol–water partition coefficient (Wildman–Crippen LogP) is 7.04. The Balaban J connectivity index is 1.44. The standard InChI is InChI=1S/C28H31N/c1(3-8-16-25-17-9-5-10-18-25)2-4-15-23-28(27-21-13-7-14-22-27)29-24-26-19-11-6-12-20-26/h3-15,17-22,28-29H,1-2,16,23-24H2/b8-3+,15-4+. The Morgan fingerprint density at radius 3 is 1.79 bits per heavy atom. The van der Waals surface area contributed by atoms with Crippen LogP contribution in [-0.2, 0) is 13.0 Å². The highest BCUT2D eigenvalue weighted by molar-refractivity contribution is 5.21. The van der Waals surface area contributed by atoms with Gasteiger partial charge in [0.15, 0.2) is 0 Å². The molecule has 0 heterocycles. The number of nitrogens with one attached hydrogen (secondary N) is 1. The molecular formula is C28H31N. The van der Waals surface area contributed by atoms with E-state index in [1.807, 2.05) is 0 Å². The summed E-state index contributed by atoms with van der Waals surface area (Å²) in [5.41, 5.74) is 4.03. The first-order valence-electron chi connectivity index (χ1n) is 10.6. The largest absolute Gasteiger partial charge is 0.306 e. The summed E-state index contributed by atoms with van der Waals surface area (Å²) >= 11 is 0. The molecule has 1 unspecified atom stereocenters. The SMILES string of the molecule is C(=C\Cc1ccccc1)/CC/C=C/CC(NCc1ccccc1)c1ccccc1. The molecule has 3 aromatic rings. The zero-order valence-electron chi connectivity index (χ0n) is 17.1. The fraction of sp³-hybridized carbons (Fsp3) is 0.214. The van der Waals surface area contributed by atoms with Crippen LogP contribution in [0.5, 0.6) is 0 Å². The van der Waals surface area contributed by atoms with Gasteiger partial charge in [0.25, 0.3) is 0 Å². The lowest BCUT2D eigenvalue weighted by Crippen LogP contribution is -2.20. The monoisotopic (exact) mass is 381 g/mol. The van der Waals surface area contributed by atoms with Crippen molar-refractivity contribution >= 4 is 0 Å². The molecule has 3 rings (SSSR count). The molecule has 0 aliphatic heterocycles. The highest BCUT2D eigenvalue weighted by atomic mass is 14.9. The quantitative estimate of drug-likeness (QED) is 0.277. The summed E-state index contributed by atoms with van der Waals surface area (Å²) in [7, 11) is 0. The molecule has 0 saturated heterocycles. The van der Waals surface area contributed by atoms with Gasteiger partial charge in [-0.05, 0) is 42.4 Å². The van der Waals surface area contributed by atoms with E-state index in [2.05, 4.69) is 121 Å². The van der Waals surface area contributed by atoms with E-state index in [0.717, 1.165) is 32.2 Å². The van der Waals surface area contributed by atoms with E-state index in [9.17, 15) is 0 Å². The van der Waals surface area contributed by atoms with Crippen molar-refractivity contribution in [1.82, 2.24) is 5.32 Å². The summed E-state index contributed by atoms with van der Waals surface area (Å²) in [5, 5.41) is 3.72. The molecule has 0 amide bonds. The van der Waals surface area contributed by atoms with Gasteiger partial charge in [-0.25, -0.2) is 0 Å². The van der Waals surface area contributed by atoms with E-state index in [0.29, 0.717) is 6.04 Å². The lowest BCUT2D eigenvalue weighted by molar-refractivity contribution is 0.538. The summed E-state index contributed by atoms with van der Waals surface area (Å²) in [4.78, 5) is 0. The summed E-state index contributed by atoms with van der Waals surface area (Å²) < 4.78 is 0. The van der Waals surface area contributed by atoms with Crippen LogP contribution in [0.4, 0.5) is 0 Å². The van der Waals surface area contributed by atoms with Crippen molar-refractivity contribution in [2.24, 2.45) is 0 Å². The maximum Gasteiger partial charge on any atom is 0.0357 e. The van der Waals surface area contributed by atoms with Gasteiger partial charge in [-0.1, -0.05) is 115 Å². The Morgan fingerprint density at radius 2 is 1.14 bits per heavy atom. The minimum absolute atomic E-state index is 0.335. The molecule has 0 aromatic heterocycles. The molecule has 29 heavy (non-hydrogen) atoms. The second-order valence-electron chi connectivity index (χ2n) is 7.28. The van der Waals surface area contributed by atoms with Crippen LogP contribution in [0.15, 0.2) is 115 Å². The number of hydrogen-bond acceptors (Lipinski definition) is 1. The normalized spacial score (nSPS) is 12.6. The van der Waals surface area contributed by atoms with Gasteiger partial charge < -0.3 is 5.32 Å². The van der Waals surface area contributed by atoms with Crippen LogP contribution in [0.3, 0.4) is 0 Å². The zero-order valence-corrected chi connectivity index (χ0v) is 17.1. The first kappa shape index (κ1) is 20.8. The van der Waals surface area contributed by atoms with Crippen LogP contribution in [0.1, 0.15) is 42.0 Å². The molecule has 3 aromatic carbocycles. The van der Waals surface area contributed by atoms with Crippen molar-refractivity contribution in [2.45, 2.75) is 38.3 Å². The molecule has 1 nitrogen and oxygen atoms in total. The molecular weight excluding hydrogens is 350 g/mol. The van der Waals surface area contributed by atoms with Crippen molar-refractivity contribution in [1.29, 1.82) is 0 Å². The molecule has 0 aliphatic rings.